The fraction of sp³-hybridized carbons (Fsp3) is 0.882. The maximum Gasteiger partial charge on any atom is 0.0104 e. The first kappa shape index (κ1) is 15.6. The van der Waals surface area contributed by atoms with Gasteiger partial charge in [-0.05, 0) is 63.3 Å². The van der Waals surface area contributed by atoms with Gasteiger partial charge >= 0.3 is 0 Å². The molecule has 1 unspecified atom stereocenters. The van der Waals surface area contributed by atoms with Crippen LogP contribution in [-0.4, -0.2) is 12.6 Å². The maximum atomic E-state index is 3.69. The van der Waals surface area contributed by atoms with Gasteiger partial charge < -0.3 is 5.32 Å². The molecule has 0 amide bonds. The molecule has 1 saturated carbocycles. The van der Waals surface area contributed by atoms with Crippen LogP contribution in [0.2, 0.25) is 0 Å². The highest BCUT2D eigenvalue weighted by Crippen LogP contribution is 2.35. The van der Waals surface area contributed by atoms with Crippen molar-refractivity contribution in [2.75, 3.05) is 6.54 Å². The zero-order valence-corrected chi connectivity index (χ0v) is 12.8. The van der Waals surface area contributed by atoms with Crippen LogP contribution in [0.5, 0.6) is 0 Å². The van der Waals surface area contributed by atoms with E-state index in [0.29, 0.717) is 6.04 Å². The van der Waals surface area contributed by atoms with Gasteiger partial charge in [-0.2, -0.15) is 0 Å². The first-order valence-electron chi connectivity index (χ1n) is 7.82. The molecule has 1 heteroatoms. The highest BCUT2D eigenvalue weighted by Gasteiger charge is 2.27. The van der Waals surface area contributed by atoms with Gasteiger partial charge in [0.25, 0.3) is 0 Å². The van der Waals surface area contributed by atoms with Crippen LogP contribution >= 0.6 is 0 Å². The van der Waals surface area contributed by atoms with Crippen LogP contribution in [-0.2, 0) is 0 Å². The van der Waals surface area contributed by atoms with Crippen molar-refractivity contribution < 1.29 is 0 Å². The molecule has 1 nitrogen and oxygen atoms in total. The van der Waals surface area contributed by atoms with Crippen LogP contribution in [0.25, 0.3) is 0 Å². The largest absolute Gasteiger partial charge is 0.314 e. The van der Waals surface area contributed by atoms with Crippen LogP contribution in [0.15, 0.2) is 0 Å². The summed E-state index contributed by atoms with van der Waals surface area (Å²) < 4.78 is 0. The van der Waals surface area contributed by atoms with E-state index in [4.69, 9.17) is 0 Å². The van der Waals surface area contributed by atoms with E-state index in [9.17, 15) is 0 Å². The molecule has 104 valence electrons. The Morgan fingerprint density at radius 3 is 2.22 bits per heavy atom. The van der Waals surface area contributed by atoms with Gasteiger partial charge in [0.15, 0.2) is 0 Å². The Hall–Kier alpha value is -0.480. The van der Waals surface area contributed by atoms with Crippen molar-refractivity contribution in [3.05, 3.63) is 0 Å². The second-order valence-corrected chi connectivity index (χ2v) is 6.05. The Morgan fingerprint density at radius 1 is 1.11 bits per heavy atom. The molecule has 0 bridgehead atoms. The van der Waals surface area contributed by atoms with Gasteiger partial charge in [0.2, 0.25) is 0 Å². The lowest BCUT2D eigenvalue weighted by molar-refractivity contribution is 0.185. The highest BCUT2D eigenvalue weighted by molar-refractivity contribution is 4.96. The quantitative estimate of drug-likeness (QED) is 0.695. The van der Waals surface area contributed by atoms with E-state index >= 15 is 0 Å². The average molecular weight is 249 g/mol. The smallest absolute Gasteiger partial charge is 0.0104 e. The molecular formula is C17H31N. The molecule has 0 aromatic carbocycles. The fourth-order valence-corrected chi connectivity index (χ4v) is 3.33. The summed E-state index contributed by atoms with van der Waals surface area (Å²) in [5.41, 5.74) is 0. The monoisotopic (exact) mass is 249 g/mol. The highest BCUT2D eigenvalue weighted by atomic mass is 14.9. The molecule has 1 fully saturated rings. The first-order valence-corrected chi connectivity index (χ1v) is 7.82. The van der Waals surface area contributed by atoms with Gasteiger partial charge in [0.1, 0.15) is 0 Å². The van der Waals surface area contributed by atoms with Crippen LogP contribution < -0.4 is 5.32 Å². The predicted molar refractivity (Wildman–Crippen MR) is 80.4 cm³/mol. The van der Waals surface area contributed by atoms with Gasteiger partial charge in [-0.15, -0.1) is 11.8 Å². The second kappa shape index (κ2) is 8.59. The number of hydrogen-bond donors (Lipinski definition) is 1. The first-order chi connectivity index (χ1) is 8.69. The lowest BCUT2D eigenvalue weighted by Gasteiger charge is -2.35. The molecule has 1 atom stereocenters. The maximum absolute atomic E-state index is 3.69. The number of nitrogens with one attached hydrogen (secondary N) is 1. The molecule has 1 rings (SSSR count). The molecule has 1 N–H and O–H groups in total. The normalized spacial score (nSPS) is 25.6. The van der Waals surface area contributed by atoms with Crippen molar-refractivity contribution in [2.24, 2.45) is 17.8 Å². The minimum atomic E-state index is 0.698. The van der Waals surface area contributed by atoms with Crippen LogP contribution in [0.4, 0.5) is 0 Å². The SMILES string of the molecule is CC#CCCC(NCC)C1CCC(C(C)C)CC1. The van der Waals surface area contributed by atoms with Crippen molar-refractivity contribution >= 4 is 0 Å². The van der Waals surface area contributed by atoms with Crippen LogP contribution in [0, 0.1) is 29.6 Å². The summed E-state index contributed by atoms with van der Waals surface area (Å²) in [7, 11) is 0. The van der Waals surface area contributed by atoms with Crippen molar-refractivity contribution in [3.8, 4) is 11.8 Å². The van der Waals surface area contributed by atoms with Crippen molar-refractivity contribution in [3.63, 3.8) is 0 Å². The molecule has 0 heterocycles. The zero-order chi connectivity index (χ0) is 13.4. The van der Waals surface area contributed by atoms with E-state index in [2.05, 4.69) is 37.9 Å². The lowest BCUT2D eigenvalue weighted by atomic mass is 9.74. The van der Waals surface area contributed by atoms with Gasteiger partial charge in [0, 0.05) is 12.5 Å². The van der Waals surface area contributed by atoms with Gasteiger partial charge in [-0.25, -0.2) is 0 Å². The molecule has 0 radical (unpaired) electrons. The molecule has 0 spiro atoms. The molecule has 18 heavy (non-hydrogen) atoms. The molecule has 1 aliphatic rings. The molecule has 0 aliphatic heterocycles. The Balaban J connectivity index is 2.41. The van der Waals surface area contributed by atoms with Gasteiger partial charge in [-0.3, -0.25) is 0 Å². The average Bonchev–Trinajstić information content (AvgIpc) is 2.38. The second-order valence-electron chi connectivity index (χ2n) is 6.05. The Kier molecular flexibility index (Phi) is 7.44. The summed E-state index contributed by atoms with van der Waals surface area (Å²) in [6, 6.07) is 0.698. The molecule has 0 aromatic rings. The topological polar surface area (TPSA) is 12.0 Å². The molecule has 0 aromatic heterocycles. The van der Waals surface area contributed by atoms with Crippen LogP contribution in [0.1, 0.15) is 66.2 Å². The predicted octanol–water partition coefficient (Wildman–Crippen LogP) is 4.23. The minimum Gasteiger partial charge on any atom is -0.314 e. The minimum absolute atomic E-state index is 0.698. The standard InChI is InChI=1S/C17H31N/c1-5-7-8-9-17(18-6-2)16-12-10-15(11-13-16)14(3)4/h14-18H,6,8-13H2,1-4H3. The summed E-state index contributed by atoms with van der Waals surface area (Å²) in [5.74, 6) is 8.95. The van der Waals surface area contributed by atoms with E-state index in [1.807, 2.05) is 6.92 Å². The Labute approximate surface area is 114 Å². The summed E-state index contributed by atoms with van der Waals surface area (Å²) in [6.07, 6.45) is 7.98. The van der Waals surface area contributed by atoms with E-state index in [0.717, 1.165) is 30.7 Å². The van der Waals surface area contributed by atoms with Crippen LogP contribution in [0.3, 0.4) is 0 Å². The zero-order valence-electron chi connectivity index (χ0n) is 12.8. The van der Waals surface area contributed by atoms with E-state index in [1.165, 1.54) is 32.1 Å². The molecular weight excluding hydrogens is 218 g/mol. The summed E-state index contributed by atoms with van der Waals surface area (Å²) in [5, 5.41) is 3.69. The summed E-state index contributed by atoms with van der Waals surface area (Å²) in [4.78, 5) is 0. The third kappa shape index (κ3) is 5.02. The van der Waals surface area contributed by atoms with Gasteiger partial charge in [0.05, 0.1) is 0 Å². The number of rotatable bonds is 6. The van der Waals surface area contributed by atoms with Crippen molar-refractivity contribution in [2.45, 2.75) is 72.3 Å². The van der Waals surface area contributed by atoms with Crippen molar-refractivity contribution in [1.29, 1.82) is 0 Å². The molecule has 1 aliphatic carbocycles. The van der Waals surface area contributed by atoms with E-state index in [1.54, 1.807) is 0 Å². The fourth-order valence-electron chi connectivity index (χ4n) is 3.33. The summed E-state index contributed by atoms with van der Waals surface area (Å²) in [6.45, 7) is 10.0. The number of hydrogen-bond acceptors (Lipinski definition) is 1. The van der Waals surface area contributed by atoms with Crippen molar-refractivity contribution in [1.82, 2.24) is 5.32 Å². The summed E-state index contributed by atoms with van der Waals surface area (Å²) >= 11 is 0. The third-order valence-electron chi connectivity index (χ3n) is 4.55. The van der Waals surface area contributed by atoms with Gasteiger partial charge in [-0.1, -0.05) is 20.8 Å². The van der Waals surface area contributed by atoms with E-state index < -0.39 is 0 Å². The lowest BCUT2D eigenvalue weighted by Crippen LogP contribution is -2.38. The third-order valence-corrected chi connectivity index (χ3v) is 4.55. The Morgan fingerprint density at radius 2 is 1.72 bits per heavy atom. The molecule has 0 saturated heterocycles. The van der Waals surface area contributed by atoms with E-state index in [-0.39, 0.29) is 0 Å². The Bertz CT molecular complexity index is 263.